The summed E-state index contributed by atoms with van der Waals surface area (Å²) in [7, 11) is 1.54. The van der Waals surface area contributed by atoms with E-state index in [-0.39, 0.29) is 19.4 Å². The molecule has 0 bridgehead atoms. The van der Waals surface area contributed by atoms with E-state index in [9.17, 15) is 19.5 Å². The lowest BCUT2D eigenvalue weighted by Crippen LogP contribution is -2.53. The van der Waals surface area contributed by atoms with Gasteiger partial charge in [-0.3, -0.25) is 4.79 Å². The van der Waals surface area contributed by atoms with Gasteiger partial charge in [-0.05, 0) is 28.8 Å². The van der Waals surface area contributed by atoms with Crippen LogP contribution in [-0.4, -0.2) is 42.3 Å². The number of aliphatic carboxylic acids is 1. The monoisotopic (exact) mass is 476 g/mol. The number of carboxylic acids is 1. The summed E-state index contributed by atoms with van der Waals surface area (Å²) >= 11 is 0. The first-order valence-corrected chi connectivity index (χ1v) is 11.1. The van der Waals surface area contributed by atoms with Crippen molar-refractivity contribution < 1.29 is 29.0 Å². The molecule has 0 aromatic heterocycles. The van der Waals surface area contributed by atoms with E-state index >= 15 is 0 Å². The number of alkyl carbamates (subject to hydrolysis) is 1. The summed E-state index contributed by atoms with van der Waals surface area (Å²) in [6, 6.07) is 23.0. The van der Waals surface area contributed by atoms with Crippen molar-refractivity contribution in [3.05, 3.63) is 102 Å². The topological polar surface area (TPSA) is 114 Å². The third-order valence-corrected chi connectivity index (χ3v) is 5.32. The third kappa shape index (κ3) is 8.19. The van der Waals surface area contributed by atoms with E-state index in [0.29, 0.717) is 11.3 Å². The van der Waals surface area contributed by atoms with E-state index < -0.39 is 30.1 Å². The Bertz CT molecular complexity index is 1100. The van der Waals surface area contributed by atoms with Crippen LogP contribution in [0.15, 0.2) is 84.9 Å². The number of carbonyl (C=O) groups is 3. The first-order chi connectivity index (χ1) is 16.9. The molecular weight excluding hydrogens is 448 g/mol. The van der Waals surface area contributed by atoms with Crippen LogP contribution in [0.3, 0.4) is 0 Å². The number of methoxy groups -OCH3 is 1. The highest BCUT2D eigenvalue weighted by molar-refractivity contribution is 5.89. The minimum atomic E-state index is -1.18. The number of hydrogen-bond acceptors (Lipinski definition) is 5. The molecule has 35 heavy (non-hydrogen) atoms. The Labute approximate surface area is 203 Å². The van der Waals surface area contributed by atoms with Crippen LogP contribution < -0.4 is 15.4 Å². The van der Waals surface area contributed by atoms with Gasteiger partial charge in [-0.2, -0.15) is 0 Å². The van der Waals surface area contributed by atoms with Crippen LogP contribution in [0.2, 0.25) is 0 Å². The predicted octanol–water partition coefficient (Wildman–Crippen LogP) is 3.34. The fraction of sp³-hybridized carbons (Fsp3) is 0.222. The summed E-state index contributed by atoms with van der Waals surface area (Å²) in [6.07, 6.45) is -0.532. The molecular formula is C27H28N2O6. The van der Waals surface area contributed by atoms with E-state index in [1.165, 1.54) is 0 Å². The van der Waals surface area contributed by atoms with Crippen LogP contribution in [0, 0.1) is 0 Å². The molecule has 0 fully saturated rings. The maximum Gasteiger partial charge on any atom is 0.408 e. The Hall–Kier alpha value is -4.33. The maximum absolute atomic E-state index is 13.1. The number of carboxylic acid groups (broad SMARTS) is 1. The minimum Gasteiger partial charge on any atom is -0.497 e. The lowest BCUT2D eigenvalue weighted by atomic mass is 10.0. The van der Waals surface area contributed by atoms with Crippen molar-refractivity contribution in [3.63, 3.8) is 0 Å². The summed E-state index contributed by atoms with van der Waals surface area (Å²) in [6.45, 7) is 0.0432. The molecule has 3 aromatic carbocycles. The molecule has 0 saturated carbocycles. The zero-order chi connectivity index (χ0) is 25.0. The maximum atomic E-state index is 13.1. The summed E-state index contributed by atoms with van der Waals surface area (Å²) in [5, 5.41) is 14.8. The van der Waals surface area contributed by atoms with E-state index in [2.05, 4.69) is 10.6 Å². The van der Waals surface area contributed by atoms with Crippen molar-refractivity contribution in [2.24, 2.45) is 0 Å². The van der Waals surface area contributed by atoms with E-state index in [4.69, 9.17) is 9.47 Å². The second kappa shape index (κ2) is 12.8. The Balaban J connectivity index is 1.68. The van der Waals surface area contributed by atoms with E-state index in [1.807, 2.05) is 60.7 Å². The molecule has 0 spiro atoms. The summed E-state index contributed by atoms with van der Waals surface area (Å²) < 4.78 is 10.4. The van der Waals surface area contributed by atoms with Crippen LogP contribution in [0.25, 0.3) is 0 Å². The third-order valence-electron chi connectivity index (χ3n) is 5.32. The van der Waals surface area contributed by atoms with Crippen molar-refractivity contribution in [2.45, 2.75) is 31.5 Å². The van der Waals surface area contributed by atoms with Gasteiger partial charge in [-0.15, -0.1) is 0 Å². The van der Waals surface area contributed by atoms with Crippen molar-refractivity contribution in [3.8, 4) is 5.75 Å². The average molecular weight is 477 g/mol. The van der Waals surface area contributed by atoms with E-state index in [1.54, 1.807) is 31.4 Å². The first kappa shape index (κ1) is 25.3. The fourth-order valence-electron chi connectivity index (χ4n) is 3.44. The van der Waals surface area contributed by atoms with Gasteiger partial charge in [0.2, 0.25) is 5.91 Å². The molecule has 8 heteroatoms. The van der Waals surface area contributed by atoms with Gasteiger partial charge >= 0.3 is 12.1 Å². The number of carbonyl (C=O) groups excluding carboxylic acids is 2. The molecule has 0 aliphatic carbocycles. The van der Waals surface area contributed by atoms with Crippen LogP contribution in [-0.2, 0) is 33.8 Å². The second-order valence-corrected chi connectivity index (χ2v) is 7.90. The van der Waals surface area contributed by atoms with Gasteiger partial charge in [0.1, 0.15) is 24.4 Å². The smallest absolute Gasteiger partial charge is 0.408 e. The SMILES string of the molecule is COc1ccc(C[C@@H](NC(=O)[C@H](Cc2ccccc2)NC(=O)OCc2ccccc2)C(=O)O)cc1. The summed E-state index contributed by atoms with van der Waals surface area (Å²) in [4.78, 5) is 37.4. The molecule has 0 heterocycles. The number of nitrogens with one attached hydrogen (secondary N) is 2. The van der Waals surface area contributed by atoms with Gasteiger partial charge in [-0.25, -0.2) is 9.59 Å². The van der Waals surface area contributed by atoms with Gasteiger partial charge in [0.25, 0.3) is 0 Å². The zero-order valence-corrected chi connectivity index (χ0v) is 19.3. The first-order valence-electron chi connectivity index (χ1n) is 11.1. The van der Waals surface area contributed by atoms with Crippen molar-refractivity contribution in [1.82, 2.24) is 10.6 Å². The lowest BCUT2D eigenvalue weighted by molar-refractivity contribution is -0.142. The number of amides is 2. The van der Waals surface area contributed by atoms with Crippen molar-refractivity contribution in [2.75, 3.05) is 7.11 Å². The highest BCUT2D eigenvalue weighted by Gasteiger charge is 2.27. The average Bonchev–Trinajstić information content (AvgIpc) is 2.88. The molecule has 0 saturated heterocycles. The standard InChI is InChI=1S/C27H28N2O6/c1-34-22-14-12-20(13-15-22)17-24(26(31)32)28-25(30)23(16-19-8-4-2-5-9-19)29-27(33)35-18-21-10-6-3-7-11-21/h2-15,23-24H,16-18H2,1H3,(H,28,30)(H,29,33)(H,31,32)/t23-,24+/m0/s1. The van der Waals surface area contributed by atoms with Gasteiger partial charge in [0.05, 0.1) is 7.11 Å². The number of benzene rings is 3. The fourth-order valence-corrected chi connectivity index (χ4v) is 3.44. The van der Waals surface area contributed by atoms with Gasteiger partial charge in [-0.1, -0.05) is 72.8 Å². The summed E-state index contributed by atoms with van der Waals surface area (Å²) in [5.41, 5.74) is 2.32. The normalized spacial score (nSPS) is 12.1. The molecule has 182 valence electrons. The zero-order valence-electron chi connectivity index (χ0n) is 19.3. The van der Waals surface area contributed by atoms with Crippen LogP contribution in [0.1, 0.15) is 16.7 Å². The van der Waals surface area contributed by atoms with E-state index in [0.717, 1.165) is 11.1 Å². The predicted molar refractivity (Wildman–Crippen MR) is 130 cm³/mol. The number of rotatable bonds is 11. The number of hydrogen-bond donors (Lipinski definition) is 3. The van der Waals surface area contributed by atoms with Crippen molar-refractivity contribution >= 4 is 18.0 Å². The molecule has 8 nitrogen and oxygen atoms in total. The van der Waals surface area contributed by atoms with Gasteiger partial charge in [0, 0.05) is 12.8 Å². The number of ether oxygens (including phenoxy) is 2. The largest absolute Gasteiger partial charge is 0.497 e. The molecule has 0 aliphatic heterocycles. The molecule has 0 unspecified atom stereocenters. The van der Waals surface area contributed by atoms with Gasteiger partial charge in [0.15, 0.2) is 0 Å². The molecule has 0 aliphatic rings. The Morgan fingerprint density at radius 3 is 1.86 bits per heavy atom. The van der Waals surface area contributed by atoms with Crippen molar-refractivity contribution in [1.29, 1.82) is 0 Å². The highest BCUT2D eigenvalue weighted by atomic mass is 16.5. The lowest BCUT2D eigenvalue weighted by Gasteiger charge is -2.21. The molecule has 2 atom stereocenters. The highest BCUT2D eigenvalue weighted by Crippen LogP contribution is 2.13. The minimum absolute atomic E-state index is 0.0432. The molecule has 0 radical (unpaired) electrons. The molecule has 3 aromatic rings. The Morgan fingerprint density at radius 1 is 0.743 bits per heavy atom. The van der Waals surface area contributed by atoms with Gasteiger partial charge < -0.3 is 25.2 Å². The molecule has 3 rings (SSSR count). The molecule has 2 amide bonds. The summed E-state index contributed by atoms with van der Waals surface area (Å²) in [5.74, 6) is -1.16. The Kier molecular flexibility index (Phi) is 9.24. The molecule has 3 N–H and O–H groups in total. The van der Waals surface area contributed by atoms with Crippen LogP contribution in [0.4, 0.5) is 4.79 Å². The second-order valence-electron chi connectivity index (χ2n) is 7.90. The van der Waals surface area contributed by atoms with Crippen LogP contribution >= 0.6 is 0 Å². The van der Waals surface area contributed by atoms with Crippen LogP contribution in [0.5, 0.6) is 5.75 Å². The quantitative estimate of drug-likeness (QED) is 0.391. The Morgan fingerprint density at radius 2 is 1.29 bits per heavy atom.